The Kier molecular flexibility index (Phi) is 4.76. The summed E-state index contributed by atoms with van der Waals surface area (Å²) < 4.78 is 6.11. The van der Waals surface area contributed by atoms with E-state index in [0.29, 0.717) is 16.5 Å². The van der Waals surface area contributed by atoms with Gasteiger partial charge in [-0.05, 0) is 46.3 Å². The first-order valence-corrected chi connectivity index (χ1v) is 6.59. The number of amides is 1. The number of hydrogen-bond acceptors (Lipinski definition) is 3. The normalized spacial score (nSPS) is 10.0. The fourth-order valence-electron chi connectivity index (χ4n) is 1.35. The van der Waals surface area contributed by atoms with Gasteiger partial charge in [0.2, 0.25) is 0 Å². The SMILES string of the molecule is O=C(COc1cncc(Br)c1)Nc1ccc(Cl)cc1. The third kappa shape index (κ3) is 4.54. The summed E-state index contributed by atoms with van der Waals surface area (Å²) in [4.78, 5) is 15.6. The van der Waals surface area contributed by atoms with E-state index in [-0.39, 0.29) is 12.5 Å². The second kappa shape index (κ2) is 6.54. The minimum absolute atomic E-state index is 0.0826. The topological polar surface area (TPSA) is 51.2 Å². The van der Waals surface area contributed by atoms with Crippen molar-refractivity contribution in [1.29, 1.82) is 0 Å². The first kappa shape index (κ1) is 13.8. The fourth-order valence-corrected chi connectivity index (χ4v) is 1.82. The van der Waals surface area contributed by atoms with Gasteiger partial charge in [0, 0.05) is 21.4 Å². The first-order valence-electron chi connectivity index (χ1n) is 5.42. The molecule has 0 atom stereocenters. The van der Waals surface area contributed by atoms with Gasteiger partial charge < -0.3 is 10.1 Å². The minimum Gasteiger partial charge on any atom is -0.482 e. The second-order valence-electron chi connectivity index (χ2n) is 3.68. The van der Waals surface area contributed by atoms with Crippen LogP contribution in [0.25, 0.3) is 0 Å². The lowest BCUT2D eigenvalue weighted by Gasteiger charge is -2.07. The number of carbonyl (C=O) groups excluding carboxylic acids is 1. The first-order chi connectivity index (χ1) is 9.13. The molecule has 4 nitrogen and oxygen atoms in total. The molecular weight excluding hydrogens is 332 g/mol. The van der Waals surface area contributed by atoms with Gasteiger partial charge in [0.15, 0.2) is 6.61 Å². The highest BCUT2D eigenvalue weighted by molar-refractivity contribution is 9.10. The molecule has 98 valence electrons. The Bertz CT molecular complexity index is 575. The largest absolute Gasteiger partial charge is 0.482 e. The molecule has 2 aromatic rings. The summed E-state index contributed by atoms with van der Waals surface area (Å²) in [5.41, 5.74) is 0.672. The van der Waals surface area contributed by atoms with Gasteiger partial charge in [0.05, 0.1) is 6.20 Å². The molecule has 0 saturated carbocycles. The van der Waals surface area contributed by atoms with Crippen LogP contribution in [0.1, 0.15) is 0 Å². The summed E-state index contributed by atoms with van der Waals surface area (Å²) in [5, 5.41) is 3.32. The third-order valence-corrected chi connectivity index (χ3v) is 2.86. The van der Waals surface area contributed by atoms with Gasteiger partial charge in [-0.3, -0.25) is 9.78 Å². The zero-order valence-electron chi connectivity index (χ0n) is 9.77. The maximum Gasteiger partial charge on any atom is 0.262 e. The molecule has 1 heterocycles. The molecule has 0 spiro atoms. The highest BCUT2D eigenvalue weighted by Crippen LogP contribution is 2.16. The van der Waals surface area contributed by atoms with Crippen molar-refractivity contribution >= 4 is 39.1 Å². The smallest absolute Gasteiger partial charge is 0.262 e. The molecule has 0 aliphatic rings. The lowest BCUT2D eigenvalue weighted by molar-refractivity contribution is -0.118. The number of benzene rings is 1. The van der Waals surface area contributed by atoms with Crippen LogP contribution in [-0.4, -0.2) is 17.5 Å². The quantitative estimate of drug-likeness (QED) is 0.926. The van der Waals surface area contributed by atoms with E-state index in [1.54, 1.807) is 42.7 Å². The van der Waals surface area contributed by atoms with Gasteiger partial charge in [0.25, 0.3) is 5.91 Å². The van der Waals surface area contributed by atoms with E-state index < -0.39 is 0 Å². The number of hydrogen-bond donors (Lipinski definition) is 1. The molecule has 0 fully saturated rings. The molecule has 19 heavy (non-hydrogen) atoms. The third-order valence-electron chi connectivity index (χ3n) is 2.18. The van der Waals surface area contributed by atoms with Gasteiger partial charge >= 0.3 is 0 Å². The Morgan fingerprint density at radius 3 is 2.74 bits per heavy atom. The van der Waals surface area contributed by atoms with Crippen molar-refractivity contribution in [3.63, 3.8) is 0 Å². The maximum atomic E-state index is 11.7. The van der Waals surface area contributed by atoms with Crippen molar-refractivity contribution in [2.45, 2.75) is 0 Å². The number of pyridine rings is 1. The van der Waals surface area contributed by atoms with Crippen LogP contribution < -0.4 is 10.1 Å². The molecule has 1 aromatic carbocycles. The Hall–Kier alpha value is -1.59. The van der Waals surface area contributed by atoms with Crippen LogP contribution in [0.5, 0.6) is 5.75 Å². The Balaban J connectivity index is 1.86. The minimum atomic E-state index is -0.248. The van der Waals surface area contributed by atoms with Crippen molar-refractivity contribution in [1.82, 2.24) is 4.98 Å². The number of nitrogens with one attached hydrogen (secondary N) is 1. The summed E-state index contributed by atoms with van der Waals surface area (Å²) >= 11 is 9.03. The summed E-state index contributed by atoms with van der Waals surface area (Å²) in [5.74, 6) is 0.280. The lowest BCUT2D eigenvalue weighted by atomic mass is 10.3. The lowest BCUT2D eigenvalue weighted by Crippen LogP contribution is -2.20. The van der Waals surface area contributed by atoms with E-state index >= 15 is 0 Å². The van der Waals surface area contributed by atoms with Crippen molar-refractivity contribution in [3.8, 4) is 5.75 Å². The number of anilines is 1. The Morgan fingerprint density at radius 2 is 2.05 bits per heavy atom. The zero-order valence-corrected chi connectivity index (χ0v) is 12.1. The van der Waals surface area contributed by atoms with Crippen LogP contribution in [0.2, 0.25) is 5.02 Å². The zero-order chi connectivity index (χ0) is 13.7. The molecule has 0 bridgehead atoms. The number of rotatable bonds is 4. The van der Waals surface area contributed by atoms with Gasteiger partial charge in [-0.25, -0.2) is 0 Å². The number of aromatic nitrogens is 1. The van der Waals surface area contributed by atoms with Gasteiger partial charge in [-0.2, -0.15) is 0 Å². The van der Waals surface area contributed by atoms with E-state index in [0.717, 1.165) is 4.47 Å². The van der Waals surface area contributed by atoms with E-state index in [4.69, 9.17) is 16.3 Å². The predicted molar refractivity (Wildman–Crippen MR) is 77.5 cm³/mol. The maximum absolute atomic E-state index is 11.7. The number of halogens is 2. The summed E-state index contributed by atoms with van der Waals surface area (Å²) in [6.07, 6.45) is 3.18. The summed E-state index contributed by atoms with van der Waals surface area (Å²) in [6.45, 7) is -0.0826. The Labute approximate surface area is 123 Å². The molecule has 6 heteroatoms. The molecular formula is C13H10BrClN2O2. The van der Waals surface area contributed by atoms with Crippen LogP contribution >= 0.6 is 27.5 Å². The molecule has 2 rings (SSSR count). The van der Waals surface area contributed by atoms with Crippen LogP contribution in [0.4, 0.5) is 5.69 Å². The Morgan fingerprint density at radius 1 is 1.32 bits per heavy atom. The van der Waals surface area contributed by atoms with E-state index in [9.17, 15) is 4.79 Å². The highest BCUT2D eigenvalue weighted by Gasteiger charge is 2.04. The standard InChI is InChI=1S/C13H10BrClN2O2/c14-9-5-12(7-16-6-9)19-8-13(18)17-11-3-1-10(15)2-4-11/h1-7H,8H2,(H,17,18). The highest BCUT2D eigenvalue weighted by atomic mass is 79.9. The molecule has 0 radical (unpaired) electrons. The average molecular weight is 342 g/mol. The average Bonchev–Trinajstić information content (AvgIpc) is 2.39. The number of nitrogens with zero attached hydrogens (tertiary/aromatic N) is 1. The second-order valence-corrected chi connectivity index (χ2v) is 5.03. The van der Waals surface area contributed by atoms with Crippen LogP contribution in [0, 0.1) is 0 Å². The van der Waals surface area contributed by atoms with E-state index in [1.807, 2.05) is 0 Å². The predicted octanol–water partition coefficient (Wildman–Crippen LogP) is 3.52. The molecule has 0 aliphatic carbocycles. The number of ether oxygens (including phenoxy) is 1. The molecule has 0 saturated heterocycles. The molecule has 0 aliphatic heterocycles. The fraction of sp³-hybridized carbons (Fsp3) is 0.0769. The number of carbonyl (C=O) groups is 1. The van der Waals surface area contributed by atoms with Gasteiger partial charge in [0.1, 0.15) is 5.75 Å². The van der Waals surface area contributed by atoms with E-state index in [1.165, 1.54) is 0 Å². The van der Waals surface area contributed by atoms with Crippen molar-refractivity contribution < 1.29 is 9.53 Å². The van der Waals surface area contributed by atoms with E-state index in [2.05, 4.69) is 26.2 Å². The van der Waals surface area contributed by atoms with Crippen molar-refractivity contribution in [3.05, 3.63) is 52.2 Å². The van der Waals surface area contributed by atoms with Crippen molar-refractivity contribution in [2.24, 2.45) is 0 Å². The molecule has 1 N–H and O–H groups in total. The van der Waals surface area contributed by atoms with Gasteiger partial charge in [-0.15, -0.1) is 0 Å². The molecule has 1 amide bonds. The monoisotopic (exact) mass is 340 g/mol. The van der Waals surface area contributed by atoms with Crippen molar-refractivity contribution in [2.75, 3.05) is 11.9 Å². The van der Waals surface area contributed by atoms with Crippen LogP contribution in [0.15, 0.2) is 47.2 Å². The molecule has 1 aromatic heterocycles. The summed E-state index contributed by atoms with van der Waals surface area (Å²) in [6, 6.07) is 8.59. The molecule has 0 unspecified atom stereocenters. The summed E-state index contributed by atoms with van der Waals surface area (Å²) in [7, 11) is 0. The van der Waals surface area contributed by atoms with Gasteiger partial charge in [-0.1, -0.05) is 11.6 Å². The van der Waals surface area contributed by atoms with Crippen LogP contribution in [0.3, 0.4) is 0 Å². The van der Waals surface area contributed by atoms with Crippen LogP contribution in [-0.2, 0) is 4.79 Å².